The largest absolute Gasteiger partial charge is 0.391 e. The highest BCUT2D eigenvalue weighted by Crippen LogP contribution is 2.25. The Morgan fingerprint density at radius 3 is 2.45 bits per heavy atom. The van der Waals surface area contributed by atoms with Crippen molar-refractivity contribution < 1.29 is 19.1 Å². The molecule has 2 aromatic carbocycles. The number of thiazole rings is 1. The molecule has 0 saturated heterocycles. The number of nitrogens with two attached hydrogens (primary N) is 1. The highest BCUT2D eigenvalue weighted by atomic mass is 32.1. The number of aliphatic hydroxyl groups is 1. The lowest BCUT2D eigenvalue weighted by atomic mass is 9.88. The van der Waals surface area contributed by atoms with E-state index in [1.807, 2.05) is 54.6 Å². The molecule has 0 aliphatic heterocycles. The number of fused-ring (bicyclic) bond motifs is 1. The van der Waals surface area contributed by atoms with Crippen molar-refractivity contribution in [1.82, 2.24) is 10.3 Å². The van der Waals surface area contributed by atoms with Gasteiger partial charge in [0.15, 0.2) is 5.01 Å². The fourth-order valence-corrected chi connectivity index (χ4v) is 4.57. The highest BCUT2D eigenvalue weighted by Gasteiger charge is 2.30. The number of aliphatic hydroxyl groups excluding tert-OH is 1. The number of amides is 2. The second-order valence-electron chi connectivity index (χ2n) is 8.92. The Morgan fingerprint density at radius 2 is 1.82 bits per heavy atom. The highest BCUT2D eigenvalue weighted by molar-refractivity contribution is 7.20. The lowest BCUT2D eigenvalue weighted by Gasteiger charge is -2.27. The Kier molecular flexibility index (Phi) is 8.15. The zero-order chi connectivity index (χ0) is 24.0. The normalized spacial score (nSPS) is 14.5. The number of carbonyl (C=O) groups excluding carboxylic acids is 2. The van der Waals surface area contributed by atoms with E-state index in [4.69, 9.17) is 5.73 Å². The number of aromatic nitrogens is 1. The van der Waals surface area contributed by atoms with Gasteiger partial charge in [-0.1, -0.05) is 42.5 Å². The number of alkyl halides is 1. The van der Waals surface area contributed by atoms with Crippen LogP contribution in [0.5, 0.6) is 0 Å². The van der Waals surface area contributed by atoms with Crippen molar-refractivity contribution >= 4 is 33.4 Å². The van der Waals surface area contributed by atoms with Crippen molar-refractivity contribution in [3.63, 3.8) is 0 Å². The first-order valence-corrected chi connectivity index (χ1v) is 11.8. The summed E-state index contributed by atoms with van der Waals surface area (Å²) in [4.78, 5) is 29.3. The number of hydrogen-bond acceptors (Lipinski definition) is 5. The Morgan fingerprint density at radius 1 is 1.15 bits per heavy atom. The number of para-hydroxylation sites is 1. The van der Waals surface area contributed by atoms with Crippen LogP contribution in [0, 0.1) is 5.92 Å². The second kappa shape index (κ2) is 10.9. The van der Waals surface area contributed by atoms with Crippen molar-refractivity contribution in [3.8, 4) is 0 Å². The molecule has 0 bridgehead atoms. The zero-order valence-electron chi connectivity index (χ0n) is 18.8. The molecule has 2 amide bonds. The van der Waals surface area contributed by atoms with Gasteiger partial charge in [-0.3, -0.25) is 9.59 Å². The molecule has 0 fully saturated rings. The smallest absolute Gasteiger partial charge is 0.280 e. The van der Waals surface area contributed by atoms with Gasteiger partial charge in [-0.25, -0.2) is 9.37 Å². The summed E-state index contributed by atoms with van der Waals surface area (Å²) in [5.74, 6) is -1.68. The molecular formula is C25H30FN3O3S. The fourth-order valence-electron chi connectivity index (χ4n) is 3.70. The van der Waals surface area contributed by atoms with Gasteiger partial charge in [0.25, 0.3) is 5.91 Å². The number of nitrogens with zero attached hydrogens (tertiary/aromatic N) is 1. The number of hydrogen-bond donors (Lipinski definition) is 3. The minimum Gasteiger partial charge on any atom is -0.391 e. The predicted molar refractivity (Wildman–Crippen MR) is 129 cm³/mol. The summed E-state index contributed by atoms with van der Waals surface area (Å²) in [5, 5.41) is 14.2. The van der Waals surface area contributed by atoms with Gasteiger partial charge in [0.05, 0.1) is 22.4 Å². The van der Waals surface area contributed by atoms with Gasteiger partial charge < -0.3 is 16.2 Å². The van der Waals surface area contributed by atoms with E-state index in [0.29, 0.717) is 11.4 Å². The molecule has 6 nitrogen and oxygen atoms in total. The Hall–Kier alpha value is -2.84. The first-order valence-electron chi connectivity index (χ1n) is 11.0. The van der Waals surface area contributed by atoms with E-state index in [-0.39, 0.29) is 19.3 Å². The Labute approximate surface area is 197 Å². The predicted octanol–water partition coefficient (Wildman–Crippen LogP) is 4.02. The van der Waals surface area contributed by atoms with Crippen LogP contribution in [0.25, 0.3) is 10.2 Å². The molecule has 0 spiro atoms. The van der Waals surface area contributed by atoms with Crippen LogP contribution in [0.2, 0.25) is 0 Å². The standard InChI is InChI=1S/C25H30FN3O3S/c1-25(2,26)13-12-17(22(27)31)15-20(30)19(14-16-8-4-3-5-9-16)28-23(32)24-29-18-10-6-7-11-21(18)33-24/h3-11,17,19-20,30H,12-15H2,1-2H3,(H2,27,31)(H,28,32)/t17-,19+,20+/m1/s1. The molecule has 3 rings (SSSR count). The summed E-state index contributed by atoms with van der Waals surface area (Å²) < 4.78 is 14.9. The van der Waals surface area contributed by atoms with E-state index in [1.54, 1.807) is 0 Å². The van der Waals surface area contributed by atoms with Gasteiger partial charge in [-0.15, -0.1) is 11.3 Å². The van der Waals surface area contributed by atoms with Crippen LogP contribution in [0.3, 0.4) is 0 Å². The van der Waals surface area contributed by atoms with Gasteiger partial charge in [-0.2, -0.15) is 0 Å². The lowest BCUT2D eigenvalue weighted by molar-refractivity contribution is -0.123. The van der Waals surface area contributed by atoms with Crippen molar-refractivity contribution in [2.75, 3.05) is 0 Å². The van der Waals surface area contributed by atoms with Gasteiger partial charge >= 0.3 is 0 Å². The van der Waals surface area contributed by atoms with Crippen LogP contribution < -0.4 is 11.1 Å². The van der Waals surface area contributed by atoms with Crippen LogP contribution in [0.4, 0.5) is 4.39 Å². The second-order valence-corrected chi connectivity index (χ2v) is 9.95. The number of rotatable bonds is 11. The molecule has 8 heteroatoms. The van der Waals surface area contributed by atoms with E-state index in [2.05, 4.69) is 10.3 Å². The molecule has 0 aliphatic carbocycles. The summed E-state index contributed by atoms with van der Waals surface area (Å²) in [6, 6.07) is 16.2. The van der Waals surface area contributed by atoms with Crippen LogP contribution in [0.15, 0.2) is 54.6 Å². The SMILES string of the molecule is CC(C)(F)CC[C@H](C[C@H](O)[C@H](Cc1ccccc1)NC(=O)c1nc2ccccc2s1)C(N)=O. The van der Waals surface area contributed by atoms with E-state index in [1.165, 1.54) is 25.2 Å². The summed E-state index contributed by atoms with van der Waals surface area (Å²) in [5.41, 5.74) is 5.75. The van der Waals surface area contributed by atoms with Crippen LogP contribution in [-0.4, -0.2) is 39.7 Å². The maximum atomic E-state index is 14.0. The third-order valence-electron chi connectivity index (χ3n) is 5.58. The zero-order valence-corrected chi connectivity index (χ0v) is 19.6. The Balaban J connectivity index is 1.77. The van der Waals surface area contributed by atoms with E-state index >= 15 is 0 Å². The van der Waals surface area contributed by atoms with Crippen molar-refractivity contribution in [3.05, 3.63) is 65.2 Å². The average Bonchev–Trinajstić information content (AvgIpc) is 3.20. The summed E-state index contributed by atoms with van der Waals surface area (Å²) >= 11 is 1.27. The molecule has 1 aromatic heterocycles. The molecule has 3 atom stereocenters. The minimum atomic E-state index is -1.44. The molecule has 3 aromatic rings. The fraction of sp³-hybridized carbons (Fsp3) is 0.400. The Bertz CT molecular complexity index is 1050. The molecule has 0 saturated carbocycles. The maximum absolute atomic E-state index is 14.0. The topological polar surface area (TPSA) is 105 Å². The number of primary amides is 1. The quantitative estimate of drug-likeness (QED) is 0.393. The number of carbonyl (C=O) groups is 2. The third kappa shape index (κ3) is 7.33. The maximum Gasteiger partial charge on any atom is 0.280 e. The monoisotopic (exact) mass is 471 g/mol. The van der Waals surface area contributed by atoms with Crippen LogP contribution in [0.1, 0.15) is 48.5 Å². The van der Waals surface area contributed by atoms with Crippen molar-refractivity contribution in [1.29, 1.82) is 0 Å². The number of halogens is 1. The van der Waals surface area contributed by atoms with Gasteiger partial charge in [0, 0.05) is 5.92 Å². The molecule has 4 N–H and O–H groups in total. The average molecular weight is 472 g/mol. The number of benzene rings is 2. The molecule has 176 valence electrons. The molecular weight excluding hydrogens is 441 g/mol. The molecule has 0 aliphatic rings. The van der Waals surface area contributed by atoms with Crippen LogP contribution >= 0.6 is 11.3 Å². The minimum absolute atomic E-state index is 0.0308. The van der Waals surface area contributed by atoms with Crippen molar-refractivity contribution in [2.45, 2.75) is 57.3 Å². The van der Waals surface area contributed by atoms with E-state index < -0.39 is 35.5 Å². The first-order chi connectivity index (χ1) is 15.6. The first kappa shape index (κ1) is 24.8. The number of nitrogens with one attached hydrogen (secondary N) is 1. The molecule has 0 unspecified atom stereocenters. The van der Waals surface area contributed by atoms with E-state index in [9.17, 15) is 19.1 Å². The van der Waals surface area contributed by atoms with Crippen molar-refractivity contribution in [2.24, 2.45) is 11.7 Å². The van der Waals surface area contributed by atoms with E-state index in [0.717, 1.165) is 15.8 Å². The molecule has 1 heterocycles. The third-order valence-corrected chi connectivity index (χ3v) is 6.62. The van der Waals surface area contributed by atoms with Gasteiger partial charge in [0.1, 0.15) is 5.67 Å². The summed E-state index contributed by atoms with van der Waals surface area (Å²) in [7, 11) is 0. The molecule has 0 radical (unpaired) electrons. The summed E-state index contributed by atoms with van der Waals surface area (Å²) in [6.45, 7) is 2.88. The van der Waals surface area contributed by atoms with Crippen LogP contribution in [-0.2, 0) is 11.2 Å². The van der Waals surface area contributed by atoms with Gasteiger partial charge in [-0.05, 0) is 57.2 Å². The lowest BCUT2D eigenvalue weighted by Crippen LogP contribution is -2.46. The van der Waals surface area contributed by atoms with Gasteiger partial charge in [0.2, 0.25) is 5.91 Å². The molecule has 33 heavy (non-hydrogen) atoms. The summed E-state index contributed by atoms with van der Waals surface area (Å²) in [6.07, 6.45) is -0.292.